The minimum absolute atomic E-state index is 0.243. The number of rotatable bonds is 4. The van der Waals surface area contributed by atoms with E-state index in [4.69, 9.17) is 14.2 Å². The molecule has 0 bridgehead atoms. The van der Waals surface area contributed by atoms with Gasteiger partial charge in [0.25, 0.3) is 0 Å². The van der Waals surface area contributed by atoms with Crippen molar-refractivity contribution in [1.82, 2.24) is 0 Å². The van der Waals surface area contributed by atoms with Crippen LogP contribution in [0.4, 0.5) is 0 Å². The van der Waals surface area contributed by atoms with Crippen molar-refractivity contribution in [1.29, 1.82) is 5.26 Å². The highest BCUT2D eigenvalue weighted by Gasteiger charge is 2.62. The summed E-state index contributed by atoms with van der Waals surface area (Å²) in [6, 6.07) is 10.5. The fourth-order valence-electron chi connectivity index (χ4n) is 2.83. The minimum atomic E-state index is -0.448. The van der Waals surface area contributed by atoms with E-state index < -0.39 is 5.41 Å². The molecule has 1 aromatic carbocycles. The molecule has 2 saturated heterocycles. The van der Waals surface area contributed by atoms with Crippen molar-refractivity contribution in [2.45, 2.75) is 12.3 Å². The predicted octanol–water partition coefficient (Wildman–Crippen LogP) is 1.89. The van der Waals surface area contributed by atoms with Crippen molar-refractivity contribution in [2.75, 3.05) is 33.0 Å². The normalized spacial score (nSPS) is 22.7. The van der Waals surface area contributed by atoms with Crippen molar-refractivity contribution in [2.24, 2.45) is 5.41 Å². The first-order valence-electron chi connectivity index (χ1n) is 6.56. The molecule has 0 unspecified atom stereocenters. The van der Waals surface area contributed by atoms with Crippen LogP contribution in [0, 0.1) is 16.7 Å². The van der Waals surface area contributed by atoms with Gasteiger partial charge >= 0.3 is 0 Å². The fraction of sp³-hybridized carbons (Fsp3) is 0.533. The molecule has 0 aromatic heterocycles. The molecule has 0 N–H and O–H groups in total. The third-order valence-corrected chi connectivity index (χ3v) is 4.22. The Morgan fingerprint density at radius 3 is 2.47 bits per heavy atom. The van der Waals surface area contributed by atoms with Crippen LogP contribution in [-0.4, -0.2) is 33.0 Å². The van der Waals surface area contributed by atoms with Crippen molar-refractivity contribution < 1.29 is 14.2 Å². The summed E-state index contributed by atoms with van der Waals surface area (Å²) in [7, 11) is 0. The second-order valence-corrected chi connectivity index (χ2v) is 5.22. The van der Waals surface area contributed by atoms with Gasteiger partial charge < -0.3 is 14.2 Å². The van der Waals surface area contributed by atoms with Crippen molar-refractivity contribution in [3.63, 3.8) is 0 Å². The number of nitriles is 1. The summed E-state index contributed by atoms with van der Waals surface area (Å²) >= 11 is 0. The van der Waals surface area contributed by atoms with Gasteiger partial charge in [-0.1, -0.05) is 12.1 Å². The fourth-order valence-corrected chi connectivity index (χ4v) is 2.83. The zero-order valence-electron chi connectivity index (χ0n) is 11.0. The van der Waals surface area contributed by atoms with Crippen LogP contribution in [0.5, 0.6) is 5.75 Å². The molecule has 100 valence electrons. The van der Waals surface area contributed by atoms with Gasteiger partial charge in [-0.05, 0) is 24.6 Å². The van der Waals surface area contributed by atoms with Crippen molar-refractivity contribution >= 4 is 0 Å². The molecule has 0 atom stereocenters. The van der Waals surface area contributed by atoms with Crippen molar-refractivity contribution in [3.05, 3.63) is 29.8 Å². The number of hydrogen-bond donors (Lipinski definition) is 0. The van der Waals surface area contributed by atoms with E-state index in [-0.39, 0.29) is 5.41 Å². The monoisotopic (exact) mass is 259 g/mol. The summed E-state index contributed by atoms with van der Waals surface area (Å²) in [6.45, 7) is 4.75. The Balaban J connectivity index is 1.98. The van der Waals surface area contributed by atoms with Crippen LogP contribution in [0.25, 0.3) is 0 Å². The maximum Gasteiger partial charge on any atom is 0.119 e. The second-order valence-electron chi connectivity index (χ2n) is 5.22. The second kappa shape index (κ2) is 4.52. The summed E-state index contributed by atoms with van der Waals surface area (Å²) in [6.07, 6.45) is 0. The molecule has 2 aliphatic rings. The maximum absolute atomic E-state index is 9.55. The number of benzene rings is 1. The Labute approximate surface area is 112 Å². The Morgan fingerprint density at radius 1 is 1.26 bits per heavy atom. The molecule has 2 aliphatic heterocycles. The van der Waals surface area contributed by atoms with Gasteiger partial charge in [-0.3, -0.25) is 0 Å². The molecule has 2 heterocycles. The van der Waals surface area contributed by atoms with Crippen LogP contribution in [0.15, 0.2) is 24.3 Å². The molecule has 4 nitrogen and oxygen atoms in total. The molecule has 1 aromatic rings. The lowest BCUT2D eigenvalue weighted by atomic mass is 9.58. The molecule has 0 saturated carbocycles. The Bertz CT molecular complexity index is 512. The first-order valence-corrected chi connectivity index (χ1v) is 6.56. The van der Waals surface area contributed by atoms with Gasteiger partial charge in [0.2, 0.25) is 0 Å². The highest BCUT2D eigenvalue weighted by Crippen LogP contribution is 2.51. The van der Waals surface area contributed by atoms with Gasteiger partial charge in [-0.2, -0.15) is 5.26 Å². The van der Waals surface area contributed by atoms with E-state index in [0.29, 0.717) is 33.0 Å². The lowest BCUT2D eigenvalue weighted by molar-refractivity contribution is -0.201. The lowest BCUT2D eigenvalue weighted by Crippen LogP contribution is -2.66. The van der Waals surface area contributed by atoms with E-state index in [1.54, 1.807) is 0 Å². The number of ether oxygens (including phenoxy) is 3. The van der Waals surface area contributed by atoms with E-state index in [1.165, 1.54) is 0 Å². The van der Waals surface area contributed by atoms with Crippen molar-refractivity contribution in [3.8, 4) is 11.8 Å². The standard InChI is InChI=1S/C15H17NO3/c1-2-19-13-5-3-4-12(6-13)15(10-18-11-15)14(7-16)8-17-9-14/h3-6H,2,8-11H2,1H3. The number of hydrogen-bond acceptors (Lipinski definition) is 4. The molecular formula is C15H17NO3. The van der Waals surface area contributed by atoms with Crippen LogP contribution in [0.2, 0.25) is 0 Å². The average molecular weight is 259 g/mol. The summed E-state index contributed by atoms with van der Waals surface area (Å²) in [4.78, 5) is 0. The van der Waals surface area contributed by atoms with Crippen LogP contribution in [0.3, 0.4) is 0 Å². The largest absolute Gasteiger partial charge is 0.494 e. The van der Waals surface area contributed by atoms with Crippen LogP contribution in [-0.2, 0) is 14.9 Å². The molecule has 2 fully saturated rings. The Kier molecular flexibility index (Phi) is 2.96. The third-order valence-electron chi connectivity index (χ3n) is 4.22. The van der Waals surface area contributed by atoms with E-state index in [0.717, 1.165) is 11.3 Å². The maximum atomic E-state index is 9.55. The van der Waals surface area contributed by atoms with Gasteiger partial charge in [-0.25, -0.2) is 0 Å². The molecule has 0 radical (unpaired) electrons. The van der Waals surface area contributed by atoms with Crippen LogP contribution in [0.1, 0.15) is 12.5 Å². The van der Waals surface area contributed by atoms with Gasteiger partial charge in [0.1, 0.15) is 11.2 Å². The molecule has 19 heavy (non-hydrogen) atoms. The Hall–Kier alpha value is -1.57. The molecule has 0 spiro atoms. The zero-order valence-corrected chi connectivity index (χ0v) is 11.0. The lowest BCUT2D eigenvalue weighted by Gasteiger charge is -2.55. The number of nitrogens with zero attached hydrogens (tertiary/aromatic N) is 1. The summed E-state index contributed by atoms with van der Waals surface area (Å²) in [5, 5.41) is 9.55. The van der Waals surface area contributed by atoms with Gasteiger partial charge in [0.05, 0.1) is 44.5 Å². The first-order chi connectivity index (χ1) is 9.26. The molecule has 0 amide bonds. The third kappa shape index (κ3) is 1.66. The SMILES string of the molecule is CCOc1cccc(C2(C3(C#N)COC3)COC2)c1. The average Bonchev–Trinajstić information content (AvgIpc) is 2.32. The first kappa shape index (κ1) is 12.5. The highest BCUT2D eigenvalue weighted by atomic mass is 16.5. The summed E-state index contributed by atoms with van der Waals surface area (Å²) in [5.41, 5.74) is 0.429. The highest BCUT2D eigenvalue weighted by molar-refractivity contribution is 5.41. The molecule has 0 aliphatic carbocycles. The zero-order chi connectivity index (χ0) is 13.3. The summed E-state index contributed by atoms with van der Waals surface area (Å²) < 4.78 is 16.3. The topological polar surface area (TPSA) is 51.5 Å². The van der Waals surface area contributed by atoms with Gasteiger partial charge in [0.15, 0.2) is 0 Å². The predicted molar refractivity (Wildman–Crippen MR) is 69.0 cm³/mol. The van der Waals surface area contributed by atoms with E-state index >= 15 is 0 Å². The Morgan fingerprint density at radius 2 is 2.00 bits per heavy atom. The van der Waals surface area contributed by atoms with Gasteiger partial charge in [-0.15, -0.1) is 0 Å². The summed E-state index contributed by atoms with van der Waals surface area (Å²) in [5.74, 6) is 0.847. The minimum Gasteiger partial charge on any atom is -0.494 e. The molecule has 3 rings (SSSR count). The van der Waals surface area contributed by atoms with Crippen LogP contribution >= 0.6 is 0 Å². The van der Waals surface area contributed by atoms with Crippen LogP contribution < -0.4 is 4.74 Å². The van der Waals surface area contributed by atoms with Gasteiger partial charge in [0, 0.05) is 0 Å². The van der Waals surface area contributed by atoms with E-state index in [1.807, 2.05) is 25.1 Å². The molecule has 4 heteroatoms. The quantitative estimate of drug-likeness (QED) is 0.828. The van der Waals surface area contributed by atoms with E-state index in [2.05, 4.69) is 12.1 Å². The smallest absolute Gasteiger partial charge is 0.119 e. The molecular weight excluding hydrogens is 242 g/mol. The van der Waals surface area contributed by atoms with E-state index in [9.17, 15) is 5.26 Å².